The van der Waals surface area contributed by atoms with Gasteiger partial charge in [-0.25, -0.2) is 9.59 Å². The topological polar surface area (TPSA) is 61.8 Å². The van der Waals surface area contributed by atoms with E-state index in [0.717, 1.165) is 54.0 Å². The van der Waals surface area contributed by atoms with E-state index in [1.807, 2.05) is 24.3 Å². The lowest BCUT2D eigenvalue weighted by molar-refractivity contribution is -0.398. The summed E-state index contributed by atoms with van der Waals surface area (Å²) in [6, 6.07) is 17.6. The fourth-order valence-electron chi connectivity index (χ4n) is 4.18. The number of carbonyl (C=O) groups excluding carboxylic acids is 2. The first kappa shape index (κ1) is 37.2. The largest absolute Gasteiger partial charge is 0.494 e. The van der Waals surface area contributed by atoms with Gasteiger partial charge in [0.25, 0.3) is 0 Å². The fourth-order valence-corrected chi connectivity index (χ4v) is 4.18. The SMILES string of the molecule is CCCCCCCCOc1ccc(-c2ccc(OC(=O)c3ccc(C(=O)OCC(F)(F)C(F)(F)C(F)(F)C(F)(F)F)cc3)cc2)cc1. The first-order valence-electron chi connectivity index (χ1n) is 14.5. The number of carbonyl (C=O) groups is 2. The van der Waals surface area contributed by atoms with Crippen LogP contribution in [0.3, 0.4) is 0 Å². The van der Waals surface area contributed by atoms with Crippen molar-refractivity contribution in [3.8, 4) is 22.6 Å². The Morgan fingerprint density at radius 2 is 1.04 bits per heavy atom. The minimum absolute atomic E-state index is 0.135. The van der Waals surface area contributed by atoms with Gasteiger partial charge < -0.3 is 14.2 Å². The standard InChI is InChI=1S/C33H31F9O5/c1-2-3-4-5-6-7-20-45-26-16-12-22(13-17-26)23-14-18-27(19-15-23)47-29(44)25-10-8-24(9-11-25)28(43)46-21-30(34,35)31(36,37)32(38,39)33(40,41)42/h8-19H,2-7,20-21H2,1H3. The molecular formula is C33H31F9O5. The summed E-state index contributed by atoms with van der Waals surface area (Å²) in [5, 5.41) is 0. The van der Waals surface area contributed by atoms with Crippen LogP contribution in [0.15, 0.2) is 72.8 Å². The molecule has 256 valence electrons. The third kappa shape index (κ3) is 9.41. The number of halogens is 9. The molecule has 0 aliphatic carbocycles. The Kier molecular flexibility index (Phi) is 12.3. The highest BCUT2D eigenvalue weighted by molar-refractivity contribution is 5.94. The van der Waals surface area contributed by atoms with Crippen LogP contribution in [0.4, 0.5) is 39.5 Å². The molecule has 0 aromatic heterocycles. The summed E-state index contributed by atoms with van der Waals surface area (Å²) in [7, 11) is 0. The Morgan fingerprint density at radius 1 is 0.574 bits per heavy atom. The summed E-state index contributed by atoms with van der Waals surface area (Å²) < 4.78 is 132. The molecule has 0 aliphatic rings. The maximum Gasteiger partial charge on any atom is 0.460 e. The van der Waals surface area contributed by atoms with Crippen molar-refractivity contribution in [1.82, 2.24) is 0 Å². The van der Waals surface area contributed by atoms with Crippen LogP contribution in [0.5, 0.6) is 11.5 Å². The maximum absolute atomic E-state index is 13.6. The highest BCUT2D eigenvalue weighted by Gasteiger charge is 2.82. The van der Waals surface area contributed by atoms with E-state index in [2.05, 4.69) is 11.7 Å². The van der Waals surface area contributed by atoms with E-state index in [4.69, 9.17) is 9.47 Å². The Bertz CT molecular complexity index is 1450. The molecule has 0 saturated carbocycles. The number of benzene rings is 3. The minimum Gasteiger partial charge on any atom is -0.494 e. The van der Waals surface area contributed by atoms with E-state index in [1.165, 1.54) is 37.8 Å². The predicted octanol–water partition coefficient (Wildman–Crippen LogP) is 9.94. The van der Waals surface area contributed by atoms with Gasteiger partial charge >= 0.3 is 35.9 Å². The third-order valence-corrected chi connectivity index (χ3v) is 6.97. The van der Waals surface area contributed by atoms with E-state index in [0.29, 0.717) is 6.61 Å². The zero-order chi connectivity index (χ0) is 34.9. The molecule has 0 atom stereocenters. The normalized spacial score (nSPS) is 12.5. The molecular weight excluding hydrogens is 647 g/mol. The summed E-state index contributed by atoms with van der Waals surface area (Å²) in [5.41, 5.74) is 0.976. The van der Waals surface area contributed by atoms with Crippen LogP contribution < -0.4 is 9.47 Å². The van der Waals surface area contributed by atoms with E-state index in [9.17, 15) is 49.1 Å². The maximum atomic E-state index is 13.6. The summed E-state index contributed by atoms with van der Waals surface area (Å²) in [6.07, 6.45) is -0.0214. The lowest BCUT2D eigenvalue weighted by Gasteiger charge is -2.33. The molecule has 0 unspecified atom stereocenters. The molecule has 0 saturated heterocycles. The quantitative estimate of drug-likeness (QED) is 0.0654. The van der Waals surface area contributed by atoms with Gasteiger partial charge in [-0.3, -0.25) is 0 Å². The van der Waals surface area contributed by atoms with E-state index >= 15 is 0 Å². The second kappa shape index (κ2) is 15.6. The molecule has 0 fully saturated rings. The lowest BCUT2D eigenvalue weighted by atomic mass is 10.0. The molecule has 0 aliphatic heterocycles. The van der Waals surface area contributed by atoms with Crippen LogP contribution >= 0.6 is 0 Å². The molecule has 5 nitrogen and oxygen atoms in total. The highest BCUT2D eigenvalue weighted by Crippen LogP contribution is 2.53. The van der Waals surface area contributed by atoms with Crippen LogP contribution in [-0.2, 0) is 4.74 Å². The summed E-state index contributed by atoms with van der Waals surface area (Å²) in [6.45, 7) is 0.0311. The van der Waals surface area contributed by atoms with E-state index < -0.39 is 48.1 Å². The minimum atomic E-state index is -7.11. The van der Waals surface area contributed by atoms with Gasteiger partial charge in [-0.2, -0.15) is 39.5 Å². The predicted molar refractivity (Wildman–Crippen MR) is 153 cm³/mol. The van der Waals surface area contributed by atoms with E-state index in [1.54, 1.807) is 12.1 Å². The zero-order valence-electron chi connectivity index (χ0n) is 25.0. The molecule has 14 heteroatoms. The molecule has 0 amide bonds. The molecule has 47 heavy (non-hydrogen) atoms. The smallest absolute Gasteiger partial charge is 0.460 e. The van der Waals surface area contributed by atoms with Crippen molar-refractivity contribution >= 4 is 11.9 Å². The number of esters is 2. The number of hydrogen-bond donors (Lipinski definition) is 0. The van der Waals surface area contributed by atoms with Gasteiger partial charge in [0.15, 0.2) is 6.61 Å². The van der Waals surface area contributed by atoms with Crippen LogP contribution in [0.1, 0.15) is 66.2 Å². The van der Waals surface area contributed by atoms with Crippen molar-refractivity contribution in [1.29, 1.82) is 0 Å². The second-order valence-electron chi connectivity index (χ2n) is 10.6. The number of hydrogen-bond acceptors (Lipinski definition) is 5. The molecule has 0 N–H and O–H groups in total. The van der Waals surface area contributed by atoms with Crippen molar-refractivity contribution in [2.75, 3.05) is 13.2 Å². The average Bonchev–Trinajstić information content (AvgIpc) is 3.03. The van der Waals surface area contributed by atoms with Gasteiger partial charge in [0.2, 0.25) is 0 Å². The Labute approximate surface area is 264 Å². The van der Waals surface area contributed by atoms with Crippen molar-refractivity contribution in [3.05, 3.63) is 83.9 Å². The second-order valence-corrected chi connectivity index (χ2v) is 10.6. The zero-order valence-corrected chi connectivity index (χ0v) is 25.0. The first-order valence-corrected chi connectivity index (χ1v) is 14.5. The summed E-state index contributed by atoms with van der Waals surface area (Å²) >= 11 is 0. The lowest BCUT2D eigenvalue weighted by Crippen LogP contribution is -2.62. The van der Waals surface area contributed by atoms with Crippen LogP contribution in [0, 0.1) is 0 Å². The van der Waals surface area contributed by atoms with Gasteiger partial charge in [-0.05, 0) is 66.1 Å². The highest BCUT2D eigenvalue weighted by atomic mass is 19.4. The van der Waals surface area contributed by atoms with Gasteiger partial charge in [0, 0.05) is 0 Å². The fraction of sp³-hybridized carbons (Fsp3) is 0.394. The molecule has 0 radical (unpaired) electrons. The average molecular weight is 679 g/mol. The third-order valence-electron chi connectivity index (χ3n) is 6.97. The molecule has 0 heterocycles. The molecule has 3 aromatic rings. The van der Waals surface area contributed by atoms with E-state index in [-0.39, 0.29) is 11.3 Å². The van der Waals surface area contributed by atoms with Crippen LogP contribution in [0.25, 0.3) is 11.1 Å². The Hall–Kier alpha value is -4.23. The monoisotopic (exact) mass is 678 g/mol. The summed E-state index contributed by atoms with van der Waals surface area (Å²) in [5.74, 6) is -21.8. The number of unbranched alkanes of at least 4 members (excludes halogenated alkanes) is 5. The van der Waals surface area contributed by atoms with Gasteiger partial charge in [0.1, 0.15) is 11.5 Å². The number of rotatable bonds is 16. The van der Waals surface area contributed by atoms with Crippen molar-refractivity contribution in [2.24, 2.45) is 0 Å². The number of ether oxygens (including phenoxy) is 3. The first-order chi connectivity index (χ1) is 22.0. The van der Waals surface area contributed by atoms with Crippen molar-refractivity contribution in [2.45, 2.75) is 69.4 Å². The molecule has 0 bridgehead atoms. The van der Waals surface area contributed by atoms with Crippen LogP contribution in [0.2, 0.25) is 0 Å². The molecule has 3 rings (SSSR count). The van der Waals surface area contributed by atoms with Gasteiger partial charge in [0.05, 0.1) is 17.7 Å². The van der Waals surface area contributed by atoms with Crippen molar-refractivity contribution in [3.63, 3.8) is 0 Å². The Balaban J connectivity index is 1.51. The summed E-state index contributed by atoms with van der Waals surface area (Å²) in [4.78, 5) is 24.5. The van der Waals surface area contributed by atoms with Crippen molar-refractivity contribution < 1.29 is 63.3 Å². The van der Waals surface area contributed by atoms with Gasteiger partial charge in [-0.1, -0.05) is 63.3 Å². The van der Waals surface area contributed by atoms with Gasteiger partial charge in [-0.15, -0.1) is 0 Å². The number of alkyl halides is 9. The van der Waals surface area contributed by atoms with Crippen LogP contribution in [-0.4, -0.2) is 49.1 Å². The molecule has 0 spiro atoms. The molecule has 3 aromatic carbocycles. The Morgan fingerprint density at radius 3 is 1.55 bits per heavy atom.